The van der Waals surface area contributed by atoms with Crippen molar-refractivity contribution in [2.24, 2.45) is 4.99 Å². The van der Waals surface area contributed by atoms with Crippen LogP contribution in [0.4, 0.5) is 10.1 Å². The summed E-state index contributed by atoms with van der Waals surface area (Å²) in [6.45, 7) is 2.66. The number of carbonyl (C=O) groups excluding carboxylic acids is 1. The van der Waals surface area contributed by atoms with Crippen molar-refractivity contribution in [3.8, 4) is 5.75 Å². The Kier molecular flexibility index (Phi) is 8.18. The molecule has 0 N–H and O–H groups in total. The Bertz CT molecular complexity index is 1260. The van der Waals surface area contributed by atoms with E-state index in [-0.39, 0.29) is 11.7 Å². The molecule has 1 heterocycles. The highest BCUT2D eigenvalue weighted by molar-refractivity contribution is 14.1. The van der Waals surface area contributed by atoms with Crippen molar-refractivity contribution in [3.05, 3.63) is 96.1 Å². The van der Waals surface area contributed by atoms with Crippen molar-refractivity contribution in [1.29, 1.82) is 0 Å². The summed E-state index contributed by atoms with van der Waals surface area (Å²) >= 11 is 16.4. The van der Waals surface area contributed by atoms with Crippen molar-refractivity contribution in [2.45, 2.75) is 13.5 Å². The molecule has 1 amide bonds. The third kappa shape index (κ3) is 5.94. The van der Waals surface area contributed by atoms with Gasteiger partial charge in [0, 0.05) is 10.1 Å². The fraction of sp³-hybridized carbons (Fsp3) is 0.120. The Hall–Kier alpha value is -2.07. The maximum atomic E-state index is 13.2. The highest BCUT2D eigenvalue weighted by Gasteiger charge is 2.32. The molecule has 0 unspecified atom stereocenters. The van der Waals surface area contributed by atoms with Gasteiger partial charge in [-0.25, -0.2) is 9.38 Å². The number of aliphatic imine (C=N–C) groups is 1. The zero-order valence-electron chi connectivity index (χ0n) is 17.9. The van der Waals surface area contributed by atoms with Crippen molar-refractivity contribution < 1.29 is 13.9 Å². The lowest BCUT2D eigenvalue weighted by molar-refractivity contribution is -0.122. The second-order valence-electron chi connectivity index (χ2n) is 7.26. The lowest BCUT2D eigenvalue weighted by atomic mass is 10.2. The minimum Gasteiger partial charge on any atom is -0.486 e. The van der Waals surface area contributed by atoms with E-state index in [1.165, 1.54) is 23.9 Å². The fourth-order valence-electron chi connectivity index (χ4n) is 3.18. The normalized spacial score (nSPS) is 16.0. The summed E-state index contributed by atoms with van der Waals surface area (Å²) < 4.78 is 20.2. The predicted molar refractivity (Wildman–Crippen MR) is 146 cm³/mol. The number of rotatable bonds is 6. The quantitative estimate of drug-likeness (QED) is 0.206. The van der Waals surface area contributed by atoms with Crippen molar-refractivity contribution >= 4 is 80.4 Å². The van der Waals surface area contributed by atoms with Gasteiger partial charge in [0.2, 0.25) is 0 Å². The maximum Gasteiger partial charge on any atom is 0.266 e. The van der Waals surface area contributed by atoms with Crippen LogP contribution in [0.25, 0.3) is 6.08 Å². The van der Waals surface area contributed by atoms with Crippen LogP contribution >= 0.6 is 57.6 Å². The largest absolute Gasteiger partial charge is 0.486 e. The molecular weight excluding hydrogens is 609 g/mol. The first-order valence-electron chi connectivity index (χ1n) is 10.3. The van der Waals surface area contributed by atoms with Gasteiger partial charge in [-0.1, -0.05) is 35.3 Å². The third-order valence-corrected chi connectivity index (χ3v) is 7.16. The van der Waals surface area contributed by atoms with Gasteiger partial charge in [-0.15, -0.1) is 0 Å². The monoisotopic (exact) mass is 626 g/mol. The summed E-state index contributed by atoms with van der Waals surface area (Å²) in [4.78, 5) is 19.5. The summed E-state index contributed by atoms with van der Waals surface area (Å²) in [7, 11) is 0. The Morgan fingerprint density at radius 3 is 2.35 bits per heavy atom. The number of likely N-dealkylation sites (N-methyl/N-ethyl adjacent to an activating group) is 1. The van der Waals surface area contributed by atoms with Crippen LogP contribution in [-0.4, -0.2) is 22.5 Å². The van der Waals surface area contributed by atoms with E-state index in [2.05, 4.69) is 27.6 Å². The SMILES string of the molecule is CCN1C(=O)/C(=C\c2cc(Cl)c(OCc3ccc(I)cc3)c(Cl)c2)SC1=Nc1ccc(F)cc1. The number of nitrogens with zero attached hydrogens (tertiary/aromatic N) is 2. The summed E-state index contributed by atoms with van der Waals surface area (Å²) in [5.41, 5.74) is 2.24. The van der Waals surface area contributed by atoms with E-state index in [9.17, 15) is 9.18 Å². The van der Waals surface area contributed by atoms with E-state index < -0.39 is 0 Å². The first-order valence-corrected chi connectivity index (χ1v) is 12.9. The molecule has 0 atom stereocenters. The summed E-state index contributed by atoms with van der Waals surface area (Å²) in [6, 6.07) is 17.2. The van der Waals surface area contributed by atoms with Crippen LogP contribution in [0.3, 0.4) is 0 Å². The number of hydrogen-bond acceptors (Lipinski definition) is 4. The Morgan fingerprint density at radius 1 is 1.09 bits per heavy atom. The van der Waals surface area contributed by atoms with Crippen molar-refractivity contribution in [1.82, 2.24) is 4.90 Å². The van der Waals surface area contributed by atoms with Crippen LogP contribution < -0.4 is 4.74 Å². The molecule has 0 bridgehead atoms. The number of ether oxygens (including phenoxy) is 1. The molecule has 0 aromatic heterocycles. The van der Waals surface area contributed by atoms with E-state index in [4.69, 9.17) is 27.9 Å². The lowest BCUT2D eigenvalue weighted by Crippen LogP contribution is -2.28. The average molecular weight is 627 g/mol. The van der Waals surface area contributed by atoms with Crippen molar-refractivity contribution in [3.63, 3.8) is 0 Å². The second kappa shape index (κ2) is 11.1. The smallest absolute Gasteiger partial charge is 0.266 e. The minimum atomic E-state index is -0.341. The molecule has 174 valence electrons. The van der Waals surface area contributed by atoms with E-state index in [1.807, 2.05) is 31.2 Å². The van der Waals surface area contributed by atoms with E-state index in [1.54, 1.807) is 35.2 Å². The molecule has 3 aromatic rings. The first-order chi connectivity index (χ1) is 16.3. The number of amidine groups is 1. The van der Waals surface area contributed by atoms with Crippen molar-refractivity contribution in [2.75, 3.05) is 6.54 Å². The third-order valence-electron chi connectivity index (χ3n) is 4.87. The zero-order chi connectivity index (χ0) is 24.2. The highest BCUT2D eigenvalue weighted by atomic mass is 127. The predicted octanol–water partition coefficient (Wildman–Crippen LogP) is 7.94. The molecule has 34 heavy (non-hydrogen) atoms. The summed E-state index contributed by atoms with van der Waals surface area (Å²) in [5, 5.41) is 1.24. The molecular formula is C25H18Cl2FIN2O2S. The Labute approximate surface area is 224 Å². The standard InChI is InChI=1S/C25H18Cl2FIN2O2S/c1-2-31-24(32)22(34-25(31)30-19-9-5-17(28)6-10-19)13-16-11-20(26)23(21(27)12-16)33-14-15-3-7-18(29)8-4-15/h3-13H,2,14H2,1H3/b22-13+,30-25?. The number of halogens is 4. The molecule has 1 aliphatic heterocycles. The summed E-state index contributed by atoms with van der Waals surface area (Å²) in [6.07, 6.45) is 1.73. The van der Waals surface area contributed by atoms with Crippen LogP contribution in [0.1, 0.15) is 18.1 Å². The highest BCUT2D eigenvalue weighted by Crippen LogP contribution is 2.38. The van der Waals surface area contributed by atoms with E-state index >= 15 is 0 Å². The second-order valence-corrected chi connectivity index (χ2v) is 10.3. The van der Waals surface area contributed by atoms with Crippen LogP contribution in [-0.2, 0) is 11.4 Å². The van der Waals surface area contributed by atoms with Gasteiger partial charge >= 0.3 is 0 Å². The van der Waals surface area contributed by atoms with Gasteiger partial charge in [0.1, 0.15) is 12.4 Å². The molecule has 1 saturated heterocycles. The fourth-order valence-corrected chi connectivity index (χ4v) is 5.22. The number of amides is 1. The molecule has 0 spiro atoms. The van der Waals surface area contributed by atoms with E-state index in [0.717, 1.165) is 9.13 Å². The van der Waals surface area contributed by atoms with Gasteiger partial charge in [0.15, 0.2) is 10.9 Å². The van der Waals surface area contributed by atoms with Crippen LogP contribution in [0, 0.1) is 9.39 Å². The Morgan fingerprint density at radius 2 is 1.74 bits per heavy atom. The molecule has 4 nitrogen and oxygen atoms in total. The molecule has 0 aliphatic carbocycles. The van der Waals surface area contributed by atoms with E-state index in [0.29, 0.717) is 50.3 Å². The summed E-state index contributed by atoms with van der Waals surface area (Å²) in [5.74, 6) is -0.116. The minimum absolute atomic E-state index is 0.167. The topological polar surface area (TPSA) is 41.9 Å². The van der Waals surface area contributed by atoms with Gasteiger partial charge < -0.3 is 4.74 Å². The van der Waals surface area contributed by atoms with Crippen LogP contribution in [0.5, 0.6) is 5.75 Å². The van der Waals surface area contributed by atoms with Gasteiger partial charge in [-0.2, -0.15) is 0 Å². The molecule has 0 radical (unpaired) electrons. The molecule has 4 rings (SSSR count). The number of benzene rings is 3. The van der Waals surface area contributed by atoms with Gasteiger partial charge in [0.05, 0.1) is 20.6 Å². The molecule has 1 aliphatic rings. The van der Waals surface area contributed by atoms with Gasteiger partial charge in [0.25, 0.3) is 5.91 Å². The molecule has 0 saturated carbocycles. The van der Waals surface area contributed by atoms with Gasteiger partial charge in [-0.3, -0.25) is 9.69 Å². The molecule has 9 heteroatoms. The molecule has 3 aromatic carbocycles. The number of hydrogen-bond donors (Lipinski definition) is 0. The maximum absolute atomic E-state index is 13.2. The van der Waals surface area contributed by atoms with Crippen LogP contribution in [0.2, 0.25) is 10.0 Å². The molecule has 1 fully saturated rings. The zero-order valence-corrected chi connectivity index (χ0v) is 22.4. The number of thioether (sulfide) groups is 1. The Balaban J connectivity index is 1.55. The van der Waals surface area contributed by atoms with Gasteiger partial charge in [-0.05, 0) is 107 Å². The first kappa shape index (κ1) is 25.0. The average Bonchev–Trinajstić information content (AvgIpc) is 3.09. The lowest BCUT2D eigenvalue weighted by Gasteiger charge is -2.12. The van der Waals surface area contributed by atoms with Crippen LogP contribution in [0.15, 0.2) is 70.6 Å². The number of carbonyl (C=O) groups is 1.